The summed E-state index contributed by atoms with van der Waals surface area (Å²) < 4.78 is 5.86. The molecule has 0 aliphatic carbocycles. The van der Waals surface area contributed by atoms with Crippen molar-refractivity contribution in [3.8, 4) is 5.75 Å². The molecule has 26 heavy (non-hydrogen) atoms. The summed E-state index contributed by atoms with van der Waals surface area (Å²) in [4.78, 5) is 0. The van der Waals surface area contributed by atoms with Crippen LogP contribution in [0.15, 0.2) is 54.6 Å². The summed E-state index contributed by atoms with van der Waals surface area (Å²) >= 11 is 0. The smallest absolute Gasteiger partial charge is 0.119 e. The number of nitrogens with one attached hydrogen (secondary N) is 1. The van der Waals surface area contributed by atoms with E-state index in [2.05, 4.69) is 80.7 Å². The van der Waals surface area contributed by atoms with Crippen molar-refractivity contribution in [2.24, 2.45) is 0 Å². The molecule has 0 amide bonds. The third-order valence-corrected chi connectivity index (χ3v) is 4.72. The minimum Gasteiger partial charge on any atom is -0.494 e. The fourth-order valence-corrected chi connectivity index (χ4v) is 3.14. The van der Waals surface area contributed by atoms with Crippen molar-refractivity contribution in [3.05, 3.63) is 65.7 Å². The van der Waals surface area contributed by atoms with Gasteiger partial charge >= 0.3 is 0 Å². The zero-order valence-corrected chi connectivity index (χ0v) is 16.7. The molecule has 0 aliphatic rings. The van der Waals surface area contributed by atoms with Gasteiger partial charge in [0, 0.05) is 18.5 Å². The molecule has 1 unspecified atom stereocenters. The molecule has 0 saturated carbocycles. The third-order valence-electron chi connectivity index (χ3n) is 4.72. The van der Waals surface area contributed by atoms with Crippen molar-refractivity contribution in [3.63, 3.8) is 0 Å². The molecule has 0 fully saturated rings. The van der Waals surface area contributed by atoms with Crippen molar-refractivity contribution >= 4 is 0 Å². The van der Waals surface area contributed by atoms with Crippen molar-refractivity contribution in [2.75, 3.05) is 13.2 Å². The predicted molar refractivity (Wildman–Crippen MR) is 112 cm³/mol. The number of hydrogen-bond acceptors (Lipinski definition) is 2. The monoisotopic (exact) mass is 353 g/mol. The Morgan fingerprint density at radius 2 is 1.62 bits per heavy atom. The Hall–Kier alpha value is -1.80. The summed E-state index contributed by atoms with van der Waals surface area (Å²) in [5.41, 5.74) is 2.76. The summed E-state index contributed by atoms with van der Waals surface area (Å²) in [6, 6.07) is 20.0. The summed E-state index contributed by atoms with van der Waals surface area (Å²) in [5, 5.41) is 3.60. The number of ether oxygens (including phenoxy) is 1. The van der Waals surface area contributed by atoms with E-state index in [-0.39, 0.29) is 0 Å². The lowest BCUT2D eigenvalue weighted by Gasteiger charge is -2.20. The van der Waals surface area contributed by atoms with Gasteiger partial charge in [-0.15, -0.1) is 0 Å². The second kappa shape index (κ2) is 11.7. The molecular formula is C24H35NO. The predicted octanol–water partition coefficient (Wildman–Crippen LogP) is 5.97. The molecule has 2 rings (SSSR count). The van der Waals surface area contributed by atoms with E-state index in [1.165, 1.54) is 30.4 Å². The van der Waals surface area contributed by atoms with Crippen LogP contribution in [-0.4, -0.2) is 19.2 Å². The molecule has 0 radical (unpaired) electrons. The first-order chi connectivity index (χ1) is 12.7. The molecule has 1 atom stereocenters. The van der Waals surface area contributed by atoms with E-state index in [1.807, 2.05) is 0 Å². The Bertz CT molecular complexity index is 591. The molecule has 0 aromatic heterocycles. The first-order valence-electron chi connectivity index (χ1n) is 10.2. The van der Waals surface area contributed by atoms with Crippen molar-refractivity contribution in [2.45, 2.75) is 64.8 Å². The Morgan fingerprint density at radius 3 is 2.27 bits per heavy atom. The van der Waals surface area contributed by atoms with Gasteiger partial charge in [0.05, 0.1) is 6.61 Å². The number of benzene rings is 2. The van der Waals surface area contributed by atoms with Gasteiger partial charge < -0.3 is 10.1 Å². The van der Waals surface area contributed by atoms with E-state index in [0.717, 1.165) is 31.7 Å². The van der Waals surface area contributed by atoms with Gasteiger partial charge in [0.2, 0.25) is 0 Å². The van der Waals surface area contributed by atoms with E-state index in [1.54, 1.807) is 0 Å². The van der Waals surface area contributed by atoms with Gasteiger partial charge in [-0.2, -0.15) is 0 Å². The zero-order chi connectivity index (χ0) is 18.6. The van der Waals surface area contributed by atoms with Crippen LogP contribution < -0.4 is 10.1 Å². The van der Waals surface area contributed by atoms with Crippen LogP contribution in [0.5, 0.6) is 5.75 Å². The zero-order valence-electron chi connectivity index (χ0n) is 16.7. The maximum absolute atomic E-state index is 5.86. The van der Waals surface area contributed by atoms with Crippen LogP contribution in [-0.2, 0) is 6.42 Å². The van der Waals surface area contributed by atoms with Gasteiger partial charge in [-0.05, 0) is 36.1 Å². The van der Waals surface area contributed by atoms with Gasteiger partial charge in [0.25, 0.3) is 0 Å². The van der Waals surface area contributed by atoms with Crippen LogP contribution in [0, 0.1) is 0 Å². The lowest BCUT2D eigenvalue weighted by molar-refractivity contribution is 0.305. The fourth-order valence-electron chi connectivity index (χ4n) is 3.14. The molecule has 2 aromatic rings. The normalized spacial score (nSPS) is 12.3. The number of unbranched alkanes of at least 4 members (excludes halogenated alkanes) is 3. The quantitative estimate of drug-likeness (QED) is 0.475. The fraction of sp³-hybridized carbons (Fsp3) is 0.500. The highest BCUT2D eigenvalue weighted by Gasteiger charge is 2.13. The molecule has 0 bridgehead atoms. The lowest BCUT2D eigenvalue weighted by atomic mass is 9.91. The highest BCUT2D eigenvalue weighted by atomic mass is 16.5. The molecular weight excluding hydrogens is 318 g/mol. The van der Waals surface area contributed by atoms with E-state index < -0.39 is 0 Å². The van der Waals surface area contributed by atoms with Gasteiger partial charge in [0.15, 0.2) is 0 Å². The standard InChI is InChI=1S/C24H35NO/c1-4-5-6-10-17-26-24-15-13-21(14-16-24)18-23(19-25-20(2)3)22-11-8-7-9-12-22/h7-9,11-16,20,23,25H,4-6,10,17-19H2,1-3H3. The average Bonchev–Trinajstić information content (AvgIpc) is 2.66. The highest BCUT2D eigenvalue weighted by Crippen LogP contribution is 2.22. The molecule has 2 aromatic carbocycles. The van der Waals surface area contributed by atoms with Crippen LogP contribution in [0.2, 0.25) is 0 Å². The largest absolute Gasteiger partial charge is 0.494 e. The van der Waals surface area contributed by atoms with E-state index in [0.29, 0.717) is 12.0 Å². The summed E-state index contributed by atoms with van der Waals surface area (Å²) in [7, 11) is 0. The number of rotatable bonds is 12. The molecule has 0 spiro atoms. The number of hydrogen-bond donors (Lipinski definition) is 1. The van der Waals surface area contributed by atoms with Gasteiger partial charge in [-0.1, -0.05) is 82.5 Å². The van der Waals surface area contributed by atoms with Crippen LogP contribution in [0.3, 0.4) is 0 Å². The Labute approximate surface area is 160 Å². The first-order valence-corrected chi connectivity index (χ1v) is 10.2. The molecule has 0 saturated heterocycles. The maximum atomic E-state index is 5.86. The lowest BCUT2D eigenvalue weighted by Crippen LogP contribution is -2.28. The van der Waals surface area contributed by atoms with E-state index in [4.69, 9.17) is 4.74 Å². The first kappa shape index (κ1) is 20.5. The van der Waals surface area contributed by atoms with Crippen molar-refractivity contribution < 1.29 is 4.74 Å². The van der Waals surface area contributed by atoms with E-state index in [9.17, 15) is 0 Å². The summed E-state index contributed by atoms with van der Waals surface area (Å²) in [6.45, 7) is 8.46. The van der Waals surface area contributed by atoms with Crippen molar-refractivity contribution in [1.82, 2.24) is 5.32 Å². The van der Waals surface area contributed by atoms with Crippen LogP contribution >= 0.6 is 0 Å². The van der Waals surface area contributed by atoms with Gasteiger partial charge in [0.1, 0.15) is 5.75 Å². The third kappa shape index (κ3) is 7.61. The topological polar surface area (TPSA) is 21.3 Å². The summed E-state index contributed by atoms with van der Waals surface area (Å²) in [6.07, 6.45) is 6.01. The Morgan fingerprint density at radius 1 is 0.885 bits per heavy atom. The summed E-state index contributed by atoms with van der Waals surface area (Å²) in [5.74, 6) is 1.47. The van der Waals surface area contributed by atoms with Gasteiger partial charge in [-0.3, -0.25) is 0 Å². The maximum Gasteiger partial charge on any atom is 0.119 e. The van der Waals surface area contributed by atoms with Crippen LogP contribution in [0.1, 0.15) is 63.5 Å². The molecule has 0 aliphatic heterocycles. The minimum absolute atomic E-state index is 0.486. The Balaban J connectivity index is 1.91. The molecule has 1 N–H and O–H groups in total. The SMILES string of the molecule is CCCCCCOc1ccc(CC(CNC(C)C)c2ccccc2)cc1. The van der Waals surface area contributed by atoms with Crippen molar-refractivity contribution in [1.29, 1.82) is 0 Å². The molecule has 2 nitrogen and oxygen atoms in total. The van der Waals surface area contributed by atoms with Gasteiger partial charge in [-0.25, -0.2) is 0 Å². The average molecular weight is 354 g/mol. The van der Waals surface area contributed by atoms with Crippen LogP contribution in [0.25, 0.3) is 0 Å². The second-order valence-electron chi connectivity index (χ2n) is 7.43. The molecule has 142 valence electrons. The molecule has 0 heterocycles. The van der Waals surface area contributed by atoms with E-state index >= 15 is 0 Å². The molecule has 2 heteroatoms. The Kier molecular flexibility index (Phi) is 9.27. The second-order valence-corrected chi connectivity index (χ2v) is 7.43. The highest BCUT2D eigenvalue weighted by molar-refractivity contribution is 5.30. The minimum atomic E-state index is 0.486. The van der Waals surface area contributed by atoms with Crippen LogP contribution in [0.4, 0.5) is 0 Å².